The fourth-order valence-electron chi connectivity index (χ4n) is 0.979. The number of nitrogens with zero attached hydrogens (tertiary/aromatic N) is 4. The summed E-state index contributed by atoms with van der Waals surface area (Å²) >= 11 is 0. The van der Waals surface area contributed by atoms with Gasteiger partial charge in [-0.05, 0) is 6.92 Å². The Kier molecular flexibility index (Phi) is 2.60. The topological polar surface area (TPSA) is 101 Å². The number of rotatable bonds is 2. The maximum atomic E-state index is 10.9. The molecule has 2 aromatic rings. The largest absolute Gasteiger partial charge is 0.296 e. The predicted octanol–water partition coefficient (Wildman–Crippen LogP) is 0.498. The van der Waals surface area contributed by atoms with Crippen molar-refractivity contribution in [3.05, 3.63) is 18.1 Å². The molecule has 7 nitrogen and oxygen atoms in total. The minimum atomic E-state index is -3.90. The fourth-order valence-corrected chi connectivity index (χ4v) is 1.54. The van der Waals surface area contributed by atoms with Crippen LogP contribution in [0.3, 0.4) is 0 Å². The lowest BCUT2D eigenvalue weighted by molar-refractivity contribution is 0.602. The van der Waals surface area contributed by atoms with E-state index in [1.165, 1.54) is 12.4 Å². The van der Waals surface area contributed by atoms with E-state index in [1.54, 1.807) is 6.92 Å². The third-order valence-corrected chi connectivity index (χ3v) is 2.79. The molecule has 2 heterocycles. The molecule has 2 rings (SSSR count). The van der Waals surface area contributed by atoms with Gasteiger partial charge < -0.3 is 0 Å². The van der Waals surface area contributed by atoms with Crippen molar-refractivity contribution in [3.8, 4) is 11.5 Å². The van der Waals surface area contributed by atoms with Gasteiger partial charge in [0.25, 0.3) is 14.2 Å². The molecule has 0 amide bonds. The van der Waals surface area contributed by atoms with Crippen LogP contribution in [-0.4, -0.2) is 33.6 Å². The second-order valence-electron chi connectivity index (χ2n) is 2.95. The van der Waals surface area contributed by atoms with E-state index in [4.69, 9.17) is 10.7 Å². The monoisotopic (exact) mass is 259 g/mol. The summed E-state index contributed by atoms with van der Waals surface area (Å²) in [4.78, 5) is 11.7. The highest BCUT2D eigenvalue weighted by molar-refractivity contribution is 8.13. The summed E-state index contributed by atoms with van der Waals surface area (Å²) in [6.45, 7) is 1.78. The van der Waals surface area contributed by atoms with E-state index in [2.05, 4.69) is 25.1 Å². The molecule has 84 valence electrons. The van der Waals surface area contributed by atoms with E-state index in [-0.39, 0.29) is 5.82 Å². The molecule has 0 spiro atoms. The molecule has 0 fully saturated rings. The first-order valence-corrected chi connectivity index (χ1v) is 6.44. The SMILES string of the molecule is Cc1cnc(-c2n[nH]c(S(=O)(=O)Cl)n2)cn1. The summed E-state index contributed by atoms with van der Waals surface area (Å²) in [7, 11) is 1.18. The molecule has 0 saturated heterocycles. The van der Waals surface area contributed by atoms with E-state index < -0.39 is 14.2 Å². The van der Waals surface area contributed by atoms with Crippen molar-refractivity contribution in [3.63, 3.8) is 0 Å². The van der Waals surface area contributed by atoms with Gasteiger partial charge in [0.15, 0.2) is 0 Å². The third-order valence-electron chi connectivity index (χ3n) is 1.71. The molecule has 0 atom stereocenters. The normalized spacial score (nSPS) is 11.6. The first kappa shape index (κ1) is 11.0. The number of aromatic nitrogens is 5. The van der Waals surface area contributed by atoms with Crippen LogP contribution in [0.25, 0.3) is 11.5 Å². The van der Waals surface area contributed by atoms with Gasteiger partial charge in [-0.1, -0.05) is 0 Å². The van der Waals surface area contributed by atoms with Gasteiger partial charge in [0, 0.05) is 16.9 Å². The second-order valence-corrected chi connectivity index (χ2v) is 5.43. The van der Waals surface area contributed by atoms with Crippen molar-refractivity contribution >= 4 is 19.7 Å². The number of hydrogen-bond acceptors (Lipinski definition) is 6. The van der Waals surface area contributed by atoms with Crippen LogP contribution < -0.4 is 0 Å². The van der Waals surface area contributed by atoms with Crippen LogP contribution in [0.5, 0.6) is 0 Å². The first-order chi connectivity index (χ1) is 7.47. The number of hydrogen-bond donors (Lipinski definition) is 1. The highest BCUT2D eigenvalue weighted by Crippen LogP contribution is 2.14. The molecule has 0 saturated carbocycles. The second kappa shape index (κ2) is 3.80. The van der Waals surface area contributed by atoms with Crippen LogP contribution in [0, 0.1) is 6.92 Å². The smallest absolute Gasteiger partial charge is 0.258 e. The Balaban J connectivity index is 2.43. The lowest BCUT2D eigenvalue weighted by atomic mass is 10.4. The molecular weight excluding hydrogens is 254 g/mol. The van der Waals surface area contributed by atoms with E-state index >= 15 is 0 Å². The molecule has 0 unspecified atom stereocenters. The number of H-pyrrole nitrogens is 1. The number of aromatic amines is 1. The average Bonchev–Trinajstić information content (AvgIpc) is 2.67. The summed E-state index contributed by atoms with van der Waals surface area (Å²) < 4.78 is 21.9. The Morgan fingerprint density at radius 2 is 2.06 bits per heavy atom. The highest BCUT2D eigenvalue weighted by atomic mass is 35.7. The summed E-state index contributed by atoms with van der Waals surface area (Å²) in [6, 6.07) is 0. The Morgan fingerprint density at radius 1 is 1.31 bits per heavy atom. The minimum Gasteiger partial charge on any atom is -0.258 e. The summed E-state index contributed by atoms with van der Waals surface area (Å²) in [5.41, 5.74) is 1.11. The Bertz CT molecular complexity index is 606. The molecule has 9 heteroatoms. The maximum Gasteiger partial charge on any atom is 0.296 e. The van der Waals surface area contributed by atoms with Crippen LogP contribution in [0.1, 0.15) is 5.69 Å². The van der Waals surface area contributed by atoms with Crippen molar-refractivity contribution in [2.45, 2.75) is 12.1 Å². The zero-order valence-electron chi connectivity index (χ0n) is 8.05. The third kappa shape index (κ3) is 2.17. The first-order valence-electron chi connectivity index (χ1n) is 4.13. The lowest BCUT2D eigenvalue weighted by Gasteiger charge is -1.93. The maximum absolute atomic E-state index is 10.9. The summed E-state index contributed by atoms with van der Waals surface area (Å²) in [6.07, 6.45) is 2.98. The van der Waals surface area contributed by atoms with Gasteiger partial charge >= 0.3 is 0 Å². The molecule has 0 radical (unpaired) electrons. The Morgan fingerprint density at radius 3 is 2.56 bits per heavy atom. The van der Waals surface area contributed by atoms with E-state index in [1.807, 2.05) is 0 Å². The van der Waals surface area contributed by atoms with Gasteiger partial charge in [-0.15, -0.1) is 0 Å². The van der Waals surface area contributed by atoms with Crippen molar-refractivity contribution in [2.75, 3.05) is 0 Å². The zero-order valence-corrected chi connectivity index (χ0v) is 9.62. The van der Waals surface area contributed by atoms with E-state index in [9.17, 15) is 8.42 Å². The van der Waals surface area contributed by atoms with Crippen LogP contribution >= 0.6 is 10.7 Å². The van der Waals surface area contributed by atoms with Crippen LogP contribution in [0.15, 0.2) is 17.6 Å². The molecular formula is C7H6ClN5O2S. The molecule has 0 aliphatic heterocycles. The van der Waals surface area contributed by atoms with Crippen LogP contribution in [0.2, 0.25) is 0 Å². The minimum absolute atomic E-state index is 0.131. The Hall–Kier alpha value is -1.54. The molecule has 0 aromatic carbocycles. The number of halogens is 1. The molecule has 1 N–H and O–H groups in total. The molecule has 0 aliphatic carbocycles. The van der Waals surface area contributed by atoms with Gasteiger partial charge in [0.2, 0.25) is 5.82 Å². The Labute approximate surface area is 95.3 Å². The lowest BCUT2D eigenvalue weighted by Crippen LogP contribution is -1.93. The number of nitrogens with one attached hydrogen (secondary N) is 1. The van der Waals surface area contributed by atoms with E-state index in [0.29, 0.717) is 5.69 Å². The molecule has 2 aromatic heterocycles. The fraction of sp³-hybridized carbons (Fsp3) is 0.143. The van der Waals surface area contributed by atoms with Gasteiger partial charge in [-0.3, -0.25) is 4.98 Å². The predicted molar refractivity (Wildman–Crippen MR) is 55.2 cm³/mol. The quantitative estimate of drug-likeness (QED) is 0.788. The van der Waals surface area contributed by atoms with Crippen molar-refractivity contribution in [1.29, 1.82) is 0 Å². The highest BCUT2D eigenvalue weighted by Gasteiger charge is 2.17. The average molecular weight is 260 g/mol. The van der Waals surface area contributed by atoms with Gasteiger partial charge in [-0.25, -0.2) is 18.5 Å². The number of aryl methyl sites for hydroxylation is 1. The molecule has 0 bridgehead atoms. The van der Waals surface area contributed by atoms with Crippen LogP contribution in [-0.2, 0) is 9.05 Å². The standard InChI is InChI=1S/C7H6ClN5O2S/c1-4-2-10-5(3-9-4)6-11-7(13-12-6)16(8,14)15/h2-3H,1H3,(H,11,12,13). The van der Waals surface area contributed by atoms with Gasteiger partial charge in [-0.2, -0.15) is 10.1 Å². The van der Waals surface area contributed by atoms with Crippen molar-refractivity contribution in [2.24, 2.45) is 0 Å². The molecule has 16 heavy (non-hydrogen) atoms. The van der Waals surface area contributed by atoms with Gasteiger partial charge in [0.05, 0.1) is 11.9 Å². The van der Waals surface area contributed by atoms with Gasteiger partial charge in [0.1, 0.15) is 5.69 Å². The van der Waals surface area contributed by atoms with E-state index in [0.717, 1.165) is 5.69 Å². The van der Waals surface area contributed by atoms with Crippen molar-refractivity contribution < 1.29 is 8.42 Å². The van der Waals surface area contributed by atoms with Crippen molar-refractivity contribution in [1.82, 2.24) is 25.1 Å². The van der Waals surface area contributed by atoms with Crippen LogP contribution in [0.4, 0.5) is 0 Å². The summed E-state index contributed by atoms with van der Waals surface area (Å²) in [5.74, 6) is 0.131. The summed E-state index contributed by atoms with van der Waals surface area (Å²) in [5, 5.41) is 5.48. The molecule has 0 aliphatic rings. The zero-order chi connectivity index (χ0) is 11.8.